The van der Waals surface area contributed by atoms with Crippen molar-refractivity contribution in [3.63, 3.8) is 0 Å². The van der Waals surface area contributed by atoms with Crippen LogP contribution < -0.4 is 5.32 Å². The van der Waals surface area contributed by atoms with Gasteiger partial charge in [0.1, 0.15) is 6.04 Å². The summed E-state index contributed by atoms with van der Waals surface area (Å²) in [7, 11) is 0. The molecule has 2 N–H and O–H groups in total. The second kappa shape index (κ2) is 7.62. The highest BCUT2D eigenvalue weighted by atomic mass is 16.4. The van der Waals surface area contributed by atoms with Crippen molar-refractivity contribution in [3.05, 3.63) is 41.0 Å². The van der Waals surface area contributed by atoms with Gasteiger partial charge in [0.15, 0.2) is 0 Å². The molecule has 4 nitrogen and oxygen atoms in total. The molecule has 1 unspecified atom stereocenters. The summed E-state index contributed by atoms with van der Waals surface area (Å²) in [6.07, 6.45) is 4.21. The summed E-state index contributed by atoms with van der Waals surface area (Å²) in [6, 6.07) is 4.93. The molecule has 0 aromatic heterocycles. The second-order valence-electron chi connectivity index (χ2n) is 5.45. The Hall–Kier alpha value is -2.10. The van der Waals surface area contributed by atoms with Gasteiger partial charge in [-0.05, 0) is 30.5 Å². The van der Waals surface area contributed by atoms with Crippen LogP contribution in [0.1, 0.15) is 37.5 Å². The van der Waals surface area contributed by atoms with E-state index in [1.807, 2.05) is 44.2 Å². The van der Waals surface area contributed by atoms with E-state index < -0.39 is 12.0 Å². The summed E-state index contributed by atoms with van der Waals surface area (Å²) in [5.41, 5.74) is 3.09. The Morgan fingerprint density at radius 3 is 2.52 bits per heavy atom. The molecular formula is C17H23NO3. The summed E-state index contributed by atoms with van der Waals surface area (Å²) >= 11 is 0. The first-order valence-electron chi connectivity index (χ1n) is 7.10. The van der Waals surface area contributed by atoms with E-state index in [-0.39, 0.29) is 18.2 Å². The number of aryl methyl sites for hydroxylation is 1. The summed E-state index contributed by atoms with van der Waals surface area (Å²) in [6.45, 7) is 7.43. The van der Waals surface area contributed by atoms with E-state index in [1.54, 1.807) is 13.8 Å². The maximum absolute atomic E-state index is 11.7. The van der Waals surface area contributed by atoms with Crippen molar-refractivity contribution in [2.24, 2.45) is 5.92 Å². The standard InChI is InChI=1S/C17H23NO3/c1-5-6-14-9-13(8-7-12(14)4)10-15(17(20)21)18-16(19)11(2)3/h5-9,11,15H,10H2,1-4H3,(H,18,19)(H,20,21)/b6-5-. The van der Waals surface area contributed by atoms with Crippen LogP contribution in [0.3, 0.4) is 0 Å². The van der Waals surface area contributed by atoms with E-state index in [0.717, 1.165) is 16.7 Å². The van der Waals surface area contributed by atoms with Crippen molar-refractivity contribution < 1.29 is 14.7 Å². The number of carboxylic acids is 1. The number of carboxylic acid groups (broad SMARTS) is 1. The fourth-order valence-corrected chi connectivity index (χ4v) is 1.95. The van der Waals surface area contributed by atoms with Crippen molar-refractivity contribution in [3.8, 4) is 0 Å². The van der Waals surface area contributed by atoms with Crippen molar-refractivity contribution >= 4 is 18.0 Å². The SMILES string of the molecule is C/C=C\c1cc(CC(NC(=O)C(C)C)C(=O)O)ccc1C. The third-order valence-corrected chi connectivity index (χ3v) is 3.27. The number of hydrogen-bond donors (Lipinski definition) is 2. The molecule has 0 radical (unpaired) electrons. The molecule has 0 saturated carbocycles. The van der Waals surface area contributed by atoms with Gasteiger partial charge in [0.05, 0.1) is 0 Å². The van der Waals surface area contributed by atoms with Gasteiger partial charge < -0.3 is 10.4 Å². The molecule has 1 aromatic rings. The molecule has 1 atom stereocenters. The molecular weight excluding hydrogens is 266 g/mol. The van der Waals surface area contributed by atoms with Gasteiger partial charge in [-0.1, -0.05) is 44.2 Å². The zero-order valence-corrected chi connectivity index (χ0v) is 13.0. The number of aliphatic carboxylic acids is 1. The molecule has 0 heterocycles. The number of amides is 1. The number of nitrogens with one attached hydrogen (secondary N) is 1. The van der Waals surface area contributed by atoms with Gasteiger partial charge in [0.2, 0.25) is 5.91 Å². The number of benzene rings is 1. The van der Waals surface area contributed by atoms with E-state index in [0.29, 0.717) is 0 Å². The Balaban J connectivity index is 2.92. The topological polar surface area (TPSA) is 66.4 Å². The van der Waals surface area contributed by atoms with Crippen LogP contribution in [0.25, 0.3) is 6.08 Å². The fourth-order valence-electron chi connectivity index (χ4n) is 1.95. The molecule has 114 valence electrons. The lowest BCUT2D eigenvalue weighted by Crippen LogP contribution is -2.44. The van der Waals surface area contributed by atoms with Gasteiger partial charge >= 0.3 is 5.97 Å². The largest absolute Gasteiger partial charge is 0.480 e. The van der Waals surface area contributed by atoms with Gasteiger partial charge in [0, 0.05) is 12.3 Å². The number of hydrogen-bond acceptors (Lipinski definition) is 2. The van der Waals surface area contributed by atoms with Crippen LogP contribution in [0.5, 0.6) is 0 Å². The summed E-state index contributed by atoms with van der Waals surface area (Å²) in [4.78, 5) is 23.0. The average Bonchev–Trinajstić information content (AvgIpc) is 2.41. The van der Waals surface area contributed by atoms with E-state index >= 15 is 0 Å². The van der Waals surface area contributed by atoms with Crippen molar-refractivity contribution in [2.45, 2.75) is 40.2 Å². The number of rotatable bonds is 6. The second-order valence-corrected chi connectivity index (χ2v) is 5.45. The van der Waals surface area contributed by atoms with E-state index in [2.05, 4.69) is 5.32 Å². The van der Waals surface area contributed by atoms with Crippen LogP contribution in [-0.4, -0.2) is 23.0 Å². The van der Waals surface area contributed by atoms with Gasteiger partial charge in [-0.25, -0.2) is 4.79 Å². The van der Waals surface area contributed by atoms with Crippen LogP contribution in [0.2, 0.25) is 0 Å². The van der Waals surface area contributed by atoms with Gasteiger partial charge in [-0.15, -0.1) is 0 Å². The Morgan fingerprint density at radius 2 is 2.00 bits per heavy atom. The average molecular weight is 289 g/mol. The highest BCUT2D eigenvalue weighted by Crippen LogP contribution is 2.15. The van der Waals surface area contributed by atoms with E-state index in [1.165, 1.54) is 0 Å². The molecule has 0 bridgehead atoms. The Morgan fingerprint density at radius 1 is 1.33 bits per heavy atom. The molecule has 0 saturated heterocycles. The Labute approximate surface area is 125 Å². The molecule has 4 heteroatoms. The number of carbonyl (C=O) groups is 2. The van der Waals surface area contributed by atoms with Gasteiger partial charge in [-0.3, -0.25) is 4.79 Å². The Kier molecular flexibility index (Phi) is 6.15. The third kappa shape index (κ3) is 5.06. The smallest absolute Gasteiger partial charge is 0.326 e. The van der Waals surface area contributed by atoms with Crippen molar-refractivity contribution in [1.82, 2.24) is 5.32 Å². The van der Waals surface area contributed by atoms with E-state index in [4.69, 9.17) is 0 Å². The minimum absolute atomic E-state index is 0.233. The first-order chi connectivity index (χ1) is 9.85. The summed E-state index contributed by atoms with van der Waals surface area (Å²) in [5, 5.41) is 11.8. The minimum Gasteiger partial charge on any atom is -0.480 e. The lowest BCUT2D eigenvalue weighted by atomic mass is 9.99. The molecule has 0 aliphatic rings. The lowest BCUT2D eigenvalue weighted by molar-refractivity contribution is -0.142. The number of allylic oxidation sites excluding steroid dienone is 1. The van der Waals surface area contributed by atoms with Gasteiger partial charge in [-0.2, -0.15) is 0 Å². The normalized spacial score (nSPS) is 12.6. The molecule has 1 aromatic carbocycles. The highest BCUT2D eigenvalue weighted by molar-refractivity contribution is 5.84. The molecule has 21 heavy (non-hydrogen) atoms. The van der Waals surface area contributed by atoms with E-state index in [9.17, 15) is 14.7 Å². The predicted molar refractivity (Wildman–Crippen MR) is 84.0 cm³/mol. The maximum atomic E-state index is 11.7. The molecule has 1 rings (SSSR count). The van der Waals surface area contributed by atoms with Crippen LogP contribution in [-0.2, 0) is 16.0 Å². The molecule has 1 amide bonds. The van der Waals surface area contributed by atoms with Crippen molar-refractivity contribution in [1.29, 1.82) is 0 Å². The van der Waals surface area contributed by atoms with Crippen LogP contribution in [0.15, 0.2) is 24.3 Å². The maximum Gasteiger partial charge on any atom is 0.326 e. The van der Waals surface area contributed by atoms with Crippen molar-refractivity contribution in [2.75, 3.05) is 0 Å². The highest BCUT2D eigenvalue weighted by Gasteiger charge is 2.21. The zero-order chi connectivity index (χ0) is 16.0. The quantitative estimate of drug-likeness (QED) is 0.846. The summed E-state index contributed by atoms with van der Waals surface area (Å²) in [5.74, 6) is -1.50. The third-order valence-electron chi connectivity index (χ3n) is 3.27. The fraction of sp³-hybridized carbons (Fsp3) is 0.412. The monoisotopic (exact) mass is 289 g/mol. The van der Waals surface area contributed by atoms with Crippen LogP contribution >= 0.6 is 0 Å². The lowest BCUT2D eigenvalue weighted by Gasteiger charge is -2.16. The molecule has 0 spiro atoms. The zero-order valence-electron chi connectivity index (χ0n) is 13.0. The number of carbonyl (C=O) groups excluding carboxylic acids is 1. The molecule has 0 fully saturated rings. The summed E-state index contributed by atoms with van der Waals surface area (Å²) < 4.78 is 0. The van der Waals surface area contributed by atoms with Crippen LogP contribution in [0, 0.1) is 12.8 Å². The molecule has 0 aliphatic heterocycles. The minimum atomic E-state index is -1.02. The van der Waals surface area contributed by atoms with Gasteiger partial charge in [0.25, 0.3) is 0 Å². The molecule has 0 aliphatic carbocycles. The first-order valence-corrected chi connectivity index (χ1v) is 7.10. The predicted octanol–water partition coefficient (Wildman–Crippen LogP) is 2.80. The Bertz CT molecular complexity index is 547. The van der Waals surface area contributed by atoms with Crippen LogP contribution in [0.4, 0.5) is 0 Å². The first kappa shape index (κ1) is 17.0.